The molecule has 1 aliphatic carbocycles. The van der Waals surface area contributed by atoms with E-state index in [1.165, 1.54) is 24.1 Å². The van der Waals surface area contributed by atoms with Crippen molar-refractivity contribution < 1.29 is 4.79 Å². The second-order valence-electron chi connectivity index (χ2n) is 8.82. The molecule has 2 aliphatic rings. The summed E-state index contributed by atoms with van der Waals surface area (Å²) in [4.78, 5) is 24.5. The van der Waals surface area contributed by atoms with Crippen molar-refractivity contribution in [3.63, 3.8) is 0 Å². The average molecular weight is 431 g/mol. The third kappa shape index (κ3) is 4.38. The van der Waals surface area contributed by atoms with E-state index in [9.17, 15) is 4.79 Å². The number of pyridine rings is 2. The van der Waals surface area contributed by atoms with E-state index in [1.807, 2.05) is 48.2 Å². The Labute approximate surface area is 188 Å². The van der Waals surface area contributed by atoms with E-state index >= 15 is 0 Å². The summed E-state index contributed by atoms with van der Waals surface area (Å²) in [6, 6.07) is 11.9. The van der Waals surface area contributed by atoms with Gasteiger partial charge >= 0.3 is 0 Å². The quantitative estimate of drug-likeness (QED) is 0.604. The number of aromatic nitrogens is 4. The number of fused-ring (bicyclic) bond motifs is 1. The Morgan fingerprint density at radius 1 is 1.09 bits per heavy atom. The van der Waals surface area contributed by atoms with Crippen LogP contribution < -0.4 is 5.32 Å². The number of aromatic amines is 1. The minimum atomic E-state index is 0.0304. The van der Waals surface area contributed by atoms with Crippen LogP contribution in [-0.4, -0.2) is 37.5 Å². The average Bonchev–Trinajstić information content (AvgIpc) is 3.45. The van der Waals surface area contributed by atoms with Gasteiger partial charge in [-0.05, 0) is 75.3 Å². The number of nitrogens with zero attached hydrogens (tertiary/aromatic N) is 4. The number of nitrogens with one attached hydrogen (secondary N) is 2. The monoisotopic (exact) mass is 430 g/mol. The molecule has 0 aromatic carbocycles. The molecule has 3 aromatic rings. The van der Waals surface area contributed by atoms with Gasteiger partial charge in [0.25, 0.3) is 0 Å². The molecule has 1 saturated heterocycles. The van der Waals surface area contributed by atoms with Crippen molar-refractivity contribution in [2.75, 3.05) is 11.9 Å². The maximum atomic E-state index is 13.1. The zero-order valence-electron chi connectivity index (χ0n) is 18.6. The lowest BCUT2D eigenvalue weighted by atomic mass is 9.94. The number of hydrogen-bond acceptors (Lipinski definition) is 5. The van der Waals surface area contributed by atoms with Crippen LogP contribution in [0.1, 0.15) is 66.5 Å². The highest BCUT2D eigenvalue weighted by Gasteiger charge is 2.31. The van der Waals surface area contributed by atoms with Crippen LogP contribution in [0.25, 0.3) is 0 Å². The first-order valence-corrected chi connectivity index (χ1v) is 11.7. The molecule has 1 unspecified atom stereocenters. The van der Waals surface area contributed by atoms with Crippen LogP contribution in [0.15, 0.2) is 36.4 Å². The van der Waals surface area contributed by atoms with E-state index in [1.54, 1.807) is 0 Å². The Morgan fingerprint density at radius 3 is 2.78 bits per heavy atom. The second kappa shape index (κ2) is 9.10. The minimum Gasteiger partial charge on any atom is -0.334 e. The van der Waals surface area contributed by atoms with Crippen molar-refractivity contribution in [2.24, 2.45) is 0 Å². The van der Waals surface area contributed by atoms with Crippen molar-refractivity contribution in [1.29, 1.82) is 0 Å². The van der Waals surface area contributed by atoms with Crippen LogP contribution in [0.2, 0.25) is 0 Å². The molecule has 0 radical (unpaired) electrons. The Bertz CT molecular complexity index is 1110. The minimum absolute atomic E-state index is 0.0304. The summed E-state index contributed by atoms with van der Waals surface area (Å²) >= 11 is 0. The first-order chi connectivity index (χ1) is 15.7. The van der Waals surface area contributed by atoms with Crippen molar-refractivity contribution in [1.82, 2.24) is 25.1 Å². The van der Waals surface area contributed by atoms with E-state index in [0.29, 0.717) is 12.8 Å². The molecule has 0 spiro atoms. The van der Waals surface area contributed by atoms with E-state index in [2.05, 4.69) is 20.5 Å². The maximum absolute atomic E-state index is 13.1. The van der Waals surface area contributed by atoms with E-state index < -0.39 is 0 Å². The molecule has 1 amide bonds. The standard InChI is InChI=1S/C25H30N6O/c1-17-7-4-12-23(26-17)28-24-13-5-10-21(27-24)22-11-6-16-31(22)25(32)15-14-20-18-8-2-3-9-19(18)29-30-20/h4-5,7,10,12-13,22H,2-3,6,8-9,11,14-16H2,1H3,(H,29,30)(H,26,27,28). The lowest BCUT2D eigenvalue weighted by molar-refractivity contribution is -0.132. The van der Waals surface area contributed by atoms with Crippen molar-refractivity contribution >= 4 is 17.5 Å². The number of H-pyrrole nitrogens is 1. The van der Waals surface area contributed by atoms with Gasteiger partial charge in [0.15, 0.2) is 0 Å². The number of rotatable bonds is 6. The predicted octanol–water partition coefficient (Wildman–Crippen LogP) is 4.43. The fraction of sp³-hybridized carbons (Fsp3) is 0.440. The van der Waals surface area contributed by atoms with Gasteiger partial charge in [-0.15, -0.1) is 0 Å². The Morgan fingerprint density at radius 2 is 1.91 bits per heavy atom. The normalized spacial score (nSPS) is 17.9. The summed E-state index contributed by atoms with van der Waals surface area (Å²) in [7, 11) is 0. The first kappa shape index (κ1) is 20.7. The summed E-state index contributed by atoms with van der Waals surface area (Å²) in [5, 5.41) is 11.0. The van der Waals surface area contributed by atoms with Gasteiger partial charge in [0, 0.05) is 30.8 Å². The molecule has 2 N–H and O–H groups in total. The van der Waals surface area contributed by atoms with Gasteiger partial charge in [-0.2, -0.15) is 5.10 Å². The molecule has 1 atom stereocenters. The Kier molecular flexibility index (Phi) is 5.88. The van der Waals surface area contributed by atoms with E-state index in [4.69, 9.17) is 4.98 Å². The lowest BCUT2D eigenvalue weighted by Gasteiger charge is -2.25. The summed E-state index contributed by atoms with van der Waals surface area (Å²) in [6.07, 6.45) is 7.77. The highest BCUT2D eigenvalue weighted by molar-refractivity contribution is 5.77. The van der Waals surface area contributed by atoms with Gasteiger partial charge in [0.05, 0.1) is 17.4 Å². The van der Waals surface area contributed by atoms with Crippen molar-refractivity contribution in [2.45, 2.75) is 64.3 Å². The number of carbonyl (C=O) groups is 1. The van der Waals surface area contributed by atoms with Crippen LogP contribution in [0.3, 0.4) is 0 Å². The van der Waals surface area contributed by atoms with Crippen molar-refractivity contribution in [3.8, 4) is 0 Å². The Balaban J connectivity index is 1.26. The van der Waals surface area contributed by atoms with Gasteiger partial charge in [-0.25, -0.2) is 9.97 Å². The zero-order valence-corrected chi connectivity index (χ0v) is 18.6. The molecule has 1 aliphatic heterocycles. The molecular formula is C25H30N6O. The third-order valence-electron chi connectivity index (χ3n) is 6.55. The summed E-state index contributed by atoms with van der Waals surface area (Å²) in [6.45, 7) is 2.76. The van der Waals surface area contributed by atoms with Crippen LogP contribution in [0.5, 0.6) is 0 Å². The fourth-order valence-corrected chi connectivity index (χ4v) is 4.95. The zero-order chi connectivity index (χ0) is 21.9. The largest absolute Gasteiger partial charge is 0.334 e. The molecule has 0 saturated carbocycles. The molecular weight excluding hydrogens is 400 g/mol. The summed E-state index contributed by atoms with van der Waals surface area (Å²) < 4.78 is 0. The number of aryl methyl sites for hydroxylation is 3. The highest BCUT2D eigenvalue weighted by Crippen LogP contribution is 2.32. The number of likely N-dealkylation sites (tertiary alicyclic amines) is 1. The summed E-state index contributed by atoms with van der Waals surface area (Å²) in [5.41, 5.74) is 5.60. The molecule has 5 rings (SSSR count). The van der Waals surface area contributed by atoms with Crippen LogP contribution in [0, 0.1) is 6.92 Å². The molecule has 0 bridgehead atoms. The molecule has 7 nitrogen and oxygen atoms in total. The number of hydrogen-bond donors (Lipinski definition) is 2. The SMILES string of the molecule is Cc1cccc(Nc2cccc(C3CCCN3C(=O)CCc3n[nH]c4c3CCCC4)n2)n1. The summed E-state index contributed by atoms with van der Waals surface area (Å²) in [5.74, 6) is 1.72. The van der Waals surface area contributed by atoms with E-state index in [-0.39, 0.29) is 11.9 Å². The van der Waals surface area contributed by atoms with Crippen LogP contribution in [0.4, 0.5) is 11.6 Å². The van der Waals surface area contributed by atoms with Gasteiger partial charge in [-0.3, -0.25) is 9.89 Å². The molecule has 4 heterocycles. The van der Waals surface area contributed by atoms with Gasteiger partial charge in [0.1, 0.15) is 11.6 Å². The first-order valence-electron chi connectivity index (χ1n) is 11.7. The molecule has 3 aromatic heterocycles. The van der Waals surface area contributed by atoms with Gasteiger partial charge < -0.3 is 10.2 Å². The smallest absolute Gasteiger partial charge is 0.223 e. The molecule has 166 valence electrons. The van der Waals surface area contributed by atoms with Crippen molar-refractivity contribution in [3.05, 3.63) is 64.7 Å². The van der Waals surface area contributed by atoms with Gasteiger partial charge in [0.2, 0.25) is 5.91 Å². The highest BCUT2D eigenvalue weighted by atomic mass is 16.2. The Hall–Kier alpha value is -3.22. The number of amides is 1. The third-order valence-corrected chi connectivity index (χ3v) is 6.55. The van der Waals surface area contributed by atoms with Crippen LogP contribution >= 0.6 is 0 Å². The second-order valence-corrected chi connectivity index (χ2v) is 8.82. The fourth-order valence-electron chi connectivity index (χ4n) is 4.95. The van der Waals surface area contributed by atoms with Crippen LogP contribution in [-0.2, 0) is 24.1 Å². The number of anilines is 2. The predicted molar refractivity (Wildman–Crippen MR) is 124 cm³/mol. The topological polar surface area (TPSA) is 86.8 Å². The molecule has 32 heavy (non-hydrogen) atoms. The van der Waals surface area contributed by atoms with E-state index in [0.717, 1.165) is 60.9 Å². The number of carbonyl (C=O) groups excluding carboxylic acids is 1. The molecule has 7 heteroatoms. The molecule has 1 fully saturated rings. The van der Waals surface area contributed by atoms with Gasteiger partial charge in [-0.1, -0.05) is 12.1 Å². The maximum Gasteiger partial charge on any atom is 0.223 e. The lowest BCUT2D eigenvalue weighted by Crippen LogP contribution is -2.31.